The van der Waals surface area contributed by atoms with E-state index in [-0.39, 0.29) is 0 Å². The van der Waals surface area contributed by atoms with Gasteiger partial charge in [-0.15, -0.1) is 0 Å². The highest BCUT2D eigenvalue weighted by molar-refractivity contribution is 5.11. The van der Waals surface area contributed by atoms with E-state index in [0.717, 1.165) is 6.54 Å². The molecule has 1 unspecified atom stereocenters. The third-order valence-corrected chi connectivity index (χ3v) is 2.34. The standard InChI is InChI=1S/C10H15N3O/c1-4-13-7-12-5-8(13)9(14)10(2,3)6-11/h5,7,9,14H,4H2,1-3H3. The summed E-state index contributed by atoms with van der Waals surface area (Å²) in [7, 11) is 0. The molecule has 0 aliphatic heterocycles. The summed E-state index contributed by atoms with van der Waals surface area (Å²) >= 11 is 0. The summed E-state index contributed by atoms with van der Waals surface area (Å²) in [4.78, 5) is 3.96. The van der Waals surface area contributed by atoms with Crippen LogP contribution in [0.1, 0.15) is 32.6 Å². The van der Waals surface area contributed by atoms with Crippen LogP contribution in [0.15, 0.2) is 12.5 Å². The first kappa shape index (κ1) is 10.7. The third-order valence-electron chi connectivity index (χ3n) is 2.34. The van der Waals surface area contributed by atoms with E-state index in [0.29, 0.717) is 5.69 Å². The summed E-state index contributed by atoms with van der Waals surface area (Å²) in [5, 5.41) is 18.9. The fraction of sp³-hybridized carbons (Fsp3) is 0.600. The van der Waals surface area contributed by atoms with Gasteiger partial charge in [-0.25, -0.2) is 4.98 Å². The molecular formula is C10H15N3O. The fourth-order valence-corrected chi connectivity index (χ4v) is 1.25. The second-order valence-electron chi connectivity index (χ2n) is 3.84. The van der Waals surface area contributed by atoms with Crippen LogP contribution in [0.4, 0.5) is 0 Å². The molecule has 1 aromatic rings. The minimum Gasteiger partial charge on any atom is -0.385 e. The zero-order valence-corrected chi connectivity index (χ0v) is 8.73. The maximum Gasteiger partial charge on any atom is 0.114 e. The van der Waals surface area contributed by atoms with Crippen LogP contribution < -0.4 is 0 Å². The normalized spacial score (nSPS) is 13.6. The van der Waals surface area contributed by atoms with Gasteiger partial charge in [0, 0.05) is 6.54 Å². The van der Waals surface area contributed by atoms with Crippen LogP contribution in [0.25, 0.3) is 0 Å². The van der Waals surface area contributed by atoms with Crippen molar-refractivity contribution in [1.82, 2.24) is 9.55 Å². The van der Waals surface area contributed by atoms with Crippen LogP contribution in [0.2, 0.25) is 0 Å². The van der Waals surface area contributed by atoms with Crippen LogP contribution >= 0.6 is 0 Å². The number of nitrogens with zero attached hydrogens (tertiary/aromatic N) is 3. The highest BCUT2D eigenvalue weighted by atomic mass is 16.3. The molecule has 1 aromatic heterocycles. The number of hydrogen-bond donors (Lipinski definition) is 1. The maximum atomic E-state index is 9.97. The van der Waals surface area contributed by atoms with Crippen molar-refractivity contribution in [2.75, 3.05) is 0 Å². The zero-order valence-electron chi connectivity index (χ0n) is 8.73. The Kier molecular flexibility index (Phi) is 2.92. The Labute approximate surface area is 83.8 Å². The van der Waals surface area contributed by atoms with Gasteiger partial charge in [-0.2, -0.15) is 5.26 Å². The van der Waals surface area contributed by atoms with Gasteiger partial charge in [0.2, 0.25) is 0 Å². The van der Waals surface area contributed by atoms with Crippen LogP contribution in [-0.2, 0) is 6.54 Å². The van der Waals surface area contributed by atoms with E-state index >= 15 is 0 Å². The van der Waals surface area contributed by atoms with Gasteiger partial charge in [0.1, 0.15) is 6.10 Å². The lowest BCUT2D eigenvalue weighted by atomic mass is 9.86. The van der Waals surface area contributed by atoms with Gasteiger partial charge in [-0.3, -0.25) is 0 Å². The van der Waals surface area contributed by atoms with E-state index in [1.165, 1.54) is 0 Å². The largest absolute Gasteiger partial charge is 0.385 e. The second kappa shape index (κ2) is 3.81. The van der Waals surface area contributed by atoms with Gasteiger partial charge >= 0.3 is 0 Å². The van der Waals surface area contributed by atoms with Crippen molar-refractivity contribution in [3.05, 3.63) is 18.2 Å². The lowest BCUT2D eigenvalue weighted by Gasteiger charge is -2.23. The molecule has 1 atom stereocenters. The third kappa shape index (κ3) is 1.78. The predicted octanol–water partition coefficient (Wildman–Crippen LogP) is 1.49. The molecule has 76 valence electrons. The van der Waals surface area contributed by atoms with E-state index in [1.807, 2.05) is 11.5 Å². The molecule has 1 rings (SSSR count). The van der Waals surface area contributed by atoms with Gasteiger partial charge in [-0.1, -0.05) is 0 Å². The van der Waals surface area contributed by atoms with Crippen LogP contribution in [0.5, 0.6) is 0 Å². The summed E-state index contributed by atoms with van der Waals surface area (Å²) in [6.07, 6.45) is 2.47. The molecule has 0 spiro atoms. The molecule has 0 aliphatic rings. The molecule has 1 N–H and O–H groups in total. The molecule has 4 nitrogen and oxygen atoms in total. The van der Waals surface area contributed by atoms with Crippen LogP contribution in [0.3, 0.4) is 0 Å². The smallest absolute Gasteiger partial charge is 0.114 e. The van der Waals surface area contributed by atoms with Crippen molar-refractivity contribution in [1.29, 1.82) is 5.26 Å². The summed E-state index contributed by atoms with van der Waals surface area (Å²) in [6, 6.07) is 2.09. The van der Waals surface area contributed by atoms with Crippen molar-refractivity contribution in [3.63, 3.8) is 0 Å². The predicted molar refractivity (Wildman–Crippen MR) is 52.3 cm³/mol. The Bertz CT molecular complexity index is 348. The number of aromatic nitrogens is 2. The molecule has 14 heavy (non-hydrogen) atoms. The zero-order chi connectivity index (χ0) is 10.8. The summed E-state index contributed by atoms with van der Waals surface area (Å²) in [5.74, 6) is 0. The minimum atomic E-state index is -0.796. The first-order valence-corrected chi connectivity index (χ1v) is 4.62. The van der Waals surface area contributed by atoms with E-state index in [4.69, 9.17) is 5.26 Å². The second-order valence-corrected chi connectivity index (χ2v) is 3.84. The van der Waals surface area contributed by atoms with E-state index in [2.05, 4.69) is 11.1 Å². The molecule has 0 fully saturated rings. The van der Waals surface area contributed by atoms with E-state index in [9.17, 15) is 5.11 Å². The first-order chi connectivity index (χ1) is 6.53. The van der Waals surface area contributed by atoms with Crippen molar-refractivity contribution >= 4 is 0 Å². The number of nitriles is 1. The average molecular weight is 193 g/mol. The molecule has 0 aromatic carbocycles. The molecule has 0 saturated carbocycles. The number of aryl methyl sites for hydroxylation is 1. The lowest BCUT2D eigenvalue weighted by Crippen LogP contribution is -2.22. The molecule has 0 bridgehead atoms. The summed E-state index contributed by atoms with van der Waals surface area (Å²) in [6.45, 7) is 6.14. The molecule has 0 radical (unpaired) electrons. The summed E-state index contributed by atoms with van der Waals surface area (Å²) in [5.41, 5.74) is -0.0912. The number of hydrogen-bond acceptors (Lipinski definition) is 3. The van der Waals surface area contributed by atoms with Gasteiger partial charge < -0.3 is 9.67 Å². The number of rotatable bonds is 3. The average Bonchev–Trinajstić information content (AvgIpc) is 2.64. The fourth-order valence-electron chi connectivity index (χ4n) is 1.25. The summed E-state index contributed by atoms with van der Waals surface area (Å²) < 4.78 is 1.84. The highest BCUT2D eigenvalue weighted by Gasteiger charge is 2.31. The first-order valence-electron chi connectivity index (χ1n) is 4.62. The molecule has 4 heteroatoms. The number of aliphatic hydroxyl groups is 1. The topological polar surface area (TPSA) is 61.8 Å². The van der Waals surface area contributed by atoms with E-state index < -0.39 is 11.5 Å². The Morgan fingerprint density at radius 3 is 2.86 bits per heavy atom. The molecule has 0 aliphatic carbocycles. The van der Waals surface area contributed by atoms with Crippen molar-refractivity contribution in [2.45, 2.75) is 33.4 Å². The maximum absolute atomic E-state index is 9.97. The van der Waals surface area contributed by atoms with Crippen molar-refractivity contribution in [2.24, 2.45) is 5.41 Å². The van der Waals surface area contributed by atoms with Gasteiger partial charge in [-0.05, 0) is 20.8 Å². The van der Waals surface area contributed by atoms with Gasteiger partial charge in [0.15, 0.2) is 0 Å². The minimum absolute atomic E-state index is 0.694. The van der Waals surface area contributed by atoms with Crippen LogP contribution in [0, 0.1) is 16.7 Å². The molecule has 1 heterocycles. The Balaban J connectivity index is 3.01. The molecule has 0 amide bonds. The Morgan fingerprint density at radius 2 is 2.36 bits per heavy atom. The lowest BCUT2D eigenvalue weighted by molar-refractivity contribution is 0.0793. The van der Waals surface area contributed by atoms with Crippen molar-refractivity contribution < 1.29 is 5.11 Å². The Hall–Kier alpha value is -1.34. The van der Waals surface area contributed by atoms with E-state index in [1.54, 1.807) is 26.4 Å². The van der Waals surface area contributed by atoms with Gasteiger partial charge in [0.25, 0.3) is 0 Å². The van der Waals surface area contributed by atoms with Crippen LogP contribution in [-0.4, -0.2) is 14.7 Å². The number of imidazole rings is 1. The Morgan fingerprint density at radius 1 is 1.71 bits per heavy atom. The monoisotopic (exact) mass is 193 g/mol. The highest BCUT2D eigenvalue weighted by Crippen LogP contribution is 2.32. The molecule has 0 saturated heterocycles. The number of aliphatic hydroxyl groups excluding tert-OH is 1. The van der Waals surface area contributed by atoms with Gasteiger partial charge in [0.05, 0.1) is 29.7 Å². The SMILES string of the molecule is CCn1cncc1C(O)C(C)(C)C#N. The van der Waals surface area contributed by atoms with Crippen molar-refractivity contribution in [3.8, 4) is 6.07 Å². The molecular weight excluding hydrogens is 178 g/mol. The quantitative estimate of drug-likeness (QED) is 0.791.